The van der Waals surface area contributed by atoms with Crippen LogP contribution in [0, 0.1) is 5.92 Å². The predicted molar refractivity (Wildman–Crippen MR) is 152 cm³/mol. The fourth-order valence-corrected chi connectivity index (χ4v) is 5.59. The molecule has 0 aromatic heterocycles. The van der Waals surface area contributed by atoms with Gasteiger partial charge in [-0.15, -0.1) is 0 Å². The van der Waals surface area contributed by atoms with Crippen LogP contribution in [0.15, 0.2) is 66.7 Å². The third-order valence-electron chi connectivity index (χ3n) is 8.08. The summed E-state index contributed by atoms with van der Waals surface area (Å²) in [6.45, 7) is 0. The standard InChI is InChI=1S/C32H34F3N3O3/c33-32(34,35)27-18-26(15-16-28(27)36)38-30(40)31(41,24-7-2-1-3-8-24)19-20-5-4-6-23(17-20)21-9-11-22(12-10-21)29(39)37-25-13-14-25/h4-6,9-12,15-18,24-25,41H,1-3,7-8,13-14,19,36H2,(H,37,39)(H,38,40). The molecule has 6 nitrogen and oxygen atoms in total. The van der Waals surface area contributed by atoms with Gasteiger partial charge in [-0.1, -0.05) is 55.7 Å². The van der Waals surface area contributed by atoms with Crippen molar-refractivity contribution in [3.8, 4) is 11.1 Å². The van der Waals surface area contributed by atoms with Crippen molar-refractivity contribution in [3.05, 3.63) is 83.4 Å². The summed E-state index contributed by atoms with van der Waals surface area (Å²) >= 11 is 0. The van der Waals surface area contributed by atoms with Crippen LogP contribution >= 0.6 is 0 Å². The van der Waals surface area contributed by atoms with Gasteiger partial charge in [0.1, 0.15) is 5.60 Å². The molecule has 0 aliphatic heterocycles. The number of anilines is 2. The summed E-state index contributed by atoms with van der Waals surface area (Å²) in [6, 6.07) is 18.2. The summed E-state index contributed by atoms with van der Waals surface area (Å²) in [7, 11) is 0. The normalized spacial score (nSPS) is 17.5. The number of hydrogen-bond acceptors (Lipinski definition) is 4. The lowest BCUT2D eigenvalue weighted by Gasteiger charge is -2.37. The Morgan fingerprint density at radius 3 is 2.24 bits per heavy atom. The summed E-state index contributed by atoms with van der Waals surface area (Å²) in [5.74, 6) is -1.18. The first kappa shape index (κ1) is 28.7. The van der Waals surface area contributed by atoms with Crippen LogP contribution in [0.1, 0.15) is 66.4 Å². The molecule has 1 unspecified atom stereocenters. The predicted octanol–water partition coefficient (Wildman–Crippen LogP) is 6.34. The lowest BCUT2D eigenvalue weighted by Crippen LogP contribution is -2.51. The number of halogens is 3. The van der Waals surface area contributed by atoms with Crippen LogP contribution in [-0.2, 0) is 17.4 Å². The number of rotatable bonds is 8. The van der Waals surface area contributed by atoms with Gasteiger partial charge < -0.3 is 21.5 Å². The number of hydrogen-bond donors (Lipinski definition) is 4. The molecule has 3 aromatic rings. The van der Waals surface area contributed by atoms with Gasteiger partial charge in [0.15, 0.2) is 0 Å². The van der Waals surface area contributed by atoms with Gasteiger partial charge in [0.05, 0.1) is 5.56 Å². The van der Waals surface area contributed by atoms with E-state index in [1.54, 1.807) is 12.1 Å². The fourth-order valence-electron chi connectivity index (χ4n) is 5.59. The Labute approximate surface area is 237 Å². The summed E-state index contributed by atoms with van der Waals surface area (Å²) in [4.78, 5) is 26.0. The zero-order valence-corrected chi connectivity index (χ0v) is 22.6. The van der Waals surface area contributed by atoms with Crippen LogP contribution in [0.25, 0.3) is 11.1 Å². The van der Waals surface area contributed by atoms with Crippen LogP contribution < -0.4 is 16.4 Å². The van der Waals surface area contributed by atoms with E-state index in [2.05, 4.69) is 10.6 Å². The number of nitrogens with two attached hydrogens (primary N) is 1. The zero-order valence-electron chi connectivity index (χ0n) is 22.6. The zero-order chi connectivity index (χ0) is 29.2. The van der Waals surface area contributed by atoms with Crippen molar-refractivity contribution in [1.29, 1.82) is 0 Å². The van der Waals surface area contributed by atoms with Crippen molar-refractivity contribution in [2.75, 3.05) is 11.1 Å². The smallest absolute Gasteiger partial charge is 0.398 e. The molecule has 41 heavy (non-hydrogen) atoms. The molecule has 2 aliphatic carbocycles. The minimum absolute atomic E-state index is 0.000316. The fraction of sp³-hybridized carbons (Fsp3) is 0.375. The van der Waals surface area contributed by atoms with Gasteiger partial charge in [-0.25, -0.2) is 0 Å². The molecule has 0 radical (unpaired) electrons. The molecule has 5 N–H and O–H groups in total. The molecule has 0 heterocycles. The minimum atomic E-state index is -4.68. The summed E-state index contributed by atoms with van der Waals surface area (Å²) < 4.78 is 40.2. The highest BCUT2D eigenvalue weighted by Crippen LogP contribution is 2.38. The first-order valence-electron chi connectivity index (χ1n) is 14.0. The number of carbonyl (C=O) groups excluding carboxylic acids is 2. The van der Waals surface area contributed by atoms with Gasteiger partial charge in [0.2, 0.25) is 0 Å². The molecule has 2 fully saturated rings. The second-order valence-electron chi connectivity index (χ2n) is 11.2. The van der Waals surface area contributed by atoms with Crippen molar-refractivity contribution in [1.82, 2.24) is 5.32 Å². The van der Waals surface area contributed by atoms with Crippen molar-refractivity contribution in [2.24, 2.45) is 5.92 Å². The maximum Gasteiger partial charge on any atom is 0.418 e. The van der Waals surface area contributed by atoms with Crippen molar-refractivity contribution in [2.45, 2.75) is 69.2 Å². The molecule has 2 saturated carbocycles. The highest BCUT2D eigenvalue weighted by Gasteiger charge is 2.44. The highest BCUT2D eigenvalue weighted by molar-refractivity contribution is 5.98. The van der Waals surface area contributed by atoms with E-state index in [4.69, 9.17) is 5.73 Å². The summed E-state index contributed by atoms with van der Waals surface area (Å²) in [6.07, 6.45) is 1.36. The lowest BCUT2D eigenvalue weighted by molar-refractivity contribution is -0.142. The van der Waals surface area contributed by atoms with E-state index in [9.17, 15) is 27.9 Å². The first-order chi connectivity index (χ1) is 19.5. The number of amides is 2. The van der Waals surface area contributed by atoms with Crippen LogP contribution in [0.4, 0.5) is 24.5 Å². The van der Waals surface area contributed by atoms with E-state index in [-0.39, 0.29) is 30.0 Å². The van der Waals surface area contributed by atoms with Crippen molar-refractivity contribution >= 4 is 23.2 Å². The van der Waals surface area contributed by atoms with Crippen LogP contribution in [-0.4, -0.2) is 28.6 Å². The maximum absolute atomic E-state index is 13.6. The number of alkyl halides is 3. The molecule has 9 heteroatoms. The third-order valence-corrected chi connectivity index (χ3v) is 8.08. The SMILES string of the molecule is Nc1ccc(NC(=O)C(O)(Cc2cccc(-c3ccc(C(=O)NC4CC4)cc3)c2)C2CCCCC2)cc1C(F)(F)F. The number of nitrogen functional groups attached to an aromatic ring is 1. The number of carbonyl (C=O) groups is 2. The second-order valence-corrected chi connectivity index (χ2v) is 11.2. The highest BCUT2D eigenvalue weighted by atomic mass is 19.4. The molecule has 1 atom stereocenters. The van der Waals surface area contributed by atoms with E-state index in [0.717, 1.165) is 60.9 Å². The molecule has 2 amide bonds. The molecule has 0 saturated heterocycles. The molecular formula is C32H34F3N3O3. The molecule has 0 spiro atoms. The van der Waals surface area contributed by atoms with E-state index in [1.165, 1.54) is 6.07 Å². The Bertz CT molecular complexity index is 1410. The van der Waals surface area contributed by atoms with E-state index in [1.807, 2.05) is 36.4 Å². The Morgan fingerprint density at radius 1 is 0.878 bits per heavy atom. The average molecular weight is 566 g/mol. The van der Waals surface area contributed by atoms with Crippen LogP contribution in [0.2, 0.25) is 0 Å². The topological polar surface area (TPSA) is 104 Å². The Hall–Kier alpha value is -3.85. The van der Waals surface area contributed by atoms with E-state index < -0.39 is 28.9 Å². The summed E-state index contributed by atoms with van der Waals surface area (Å²) in [5, 5.41) is 17.4. The molecular weight excluding hydrogens is 531 g/mol. The van der Waals surface area contributed by atoms with E-state index in [0.29, 0.717) is 18.4 Å². The van der Waals surface area contributed by atoms with Crippen molar-refractivity contribution in [3.63, 3.8) is 0 Å². The monoisotopic (exact) mass is 565 g/mol. The van der Waals surface area contributed by atoms with Crippen molar-refractivity contribution < 1.29 is 27.9 Å². The van der Waals surface area contributed by atoms with Gasteiger partial charge in [0, 0.05) is 29.4 Å². The maximum atomic E-state index is 13.6. The molecule has 3 aromatic carbocycles. The Kier molecular flexibility index (Phi) is 8.09. The largest absolute Gasteiger partial charge is 0.418 e. The van der Waals surface area contributed by atoms with Crippen LogP contribution in [0.5, 0.6) is 0 Å². The minimum Gasteiger partial charge on any atom is -0.398 e. The van der Waals surface area contributed by atoms with Gasteiger partial charge >= 0.3 is 6.18 Å². The third kappa shape index (κ3) is 6.73. The quantitative estimate of drug-likeness (QED) is 0.239. The van der Waals surface area contributed by atoms with Crippen LogP contribution in [0.3, 0.4) is 0 Å². The first-order valence-corrected chi connectivity index (χ1v) is 14.0. The Balaban J connectivity index is 1.38. The van der Waals surface area contributed by atoms with Gasteiger partial charge in [0.25, 0.3) is 11.8 Å². The molecule has 2 aliphatic rings. The molecule has 216 valence electrons. The second kappa shape index (κ2) is 11.6. The van der Waals surface area contributed by atoms with Gasteiger partial charge in [-0.05, 0) is 78.6 Å². The molecule has 5 rings (SSSR count). The van der Waals surface area contributed by atoms with Gasteiger partial charge in [-0.3, -0.25) is 9.59 Å². The molecule has 0 bridgehead atoms. The average Bonchev–Trinajstić information content (AvgIpc) is 3.78. The Morgan fingerprint density at radius 2 is 1.59 bits per heavy atom. The lowest BCUT2D eigenvalue weighted by atomic mass is 9.73. The van der Waals surface area contributed by atoms with Gasteiger partial charge in [-0.2, -0.15) is 13.2 Å². The van der Waals surface area contributed by atoms with E-state index >= 15 is 0 Å². The number of nitrogens with one attached hydrogen (secondary N) is 2. The number of benzene rings is 3. The summed E-state index contributed by atoms with van der Waals surface area (Å²) in [5.41, 5.74) is 5.16. The number of aliphatic hydroxyl groups is 1.